The van der Waals surface area contributed by atoms with E-state index in [1.54, 1.807) is 6.92 Å². The Morgan fingerprint density at radius 1 is 1.20 bits per heavy atom. The van der Waals surface area contributed by atoms with Crippen molar-refractivity contribution in [3.05, 3.63) is 12.2 Å². The summed E-state index contributed by atoms with van der Waals surface area (Å²) >= 11 is 1.24. The van der Waals surface area contributed by atoms with Gasteiger partial charge in [-0.3, -0.25) is 0 Å². The molecule has 10 heavy (non-hydrogen) atoms. The third kappa shape index (κ3) is 2.49. The minimum absolute atomic E-state index is 0.257. The van der Waals surface area contributed by atoms with Crippen LogP contribution >= 0.6 is 0 Å². The third-order valence-electron chi connectivity index (χ3n) is 1.03. The first kappa shape index (κ1) is 9.64. The average molecular weight is 306 g/mol. The van der Waals surface area contributed by atoms with E-state index in [1.807, 2.05) is 6.92 Å². The Kier molecular flexibility index (Phi) is 3.59. The molecule has 0 rings (SSSR count). The van der Waals surface area contributed by atoms with E-state index in [9.17, 15) is 0 Å². The van der Waals surface area contributed by atoms with Gasteiger partial charge in [0.2, 0.25) is 0 Å². The molecule has 54 valence electrons. The topological polar surface area (TPSA) is 47.7 Å². The van der Waals surface area contributed by atoms with Gasteiger partial charge in [-0.2, -0.15) is 0 Å². The summed E-state index contributed by atoms with van der Waals surface area (Å²) in [6, 6.07) is 0. The van der Waals surface area contributed by atoms with Crippen molar-refractivity contribution in [2.45, 2.75) is 13.8 Å². The molecule has 0 aliphatic carbocycles. The second-order valence-corrected chi connectivity index (χ2v) is 4.29. The average Bonchev–Trinajstić information content (AvgIpc) is 1.84. The van der Waals surface area contributed by atoms with Crippen LogP contribution in [0.1, 0.15) is 13.8 Å². The van der Waals surface area contributed by atoms with Crippen LogP contribution in [0.2, 0.25) is 0 Å². The molecule has 0 amide bonds. The van der Waals surface area contributed by atoms with Crippen LogP contribution < -0.4 is 0 Å². The first-order chi connectivity index (χ1) is 4.46. The molecule has 0 aromatic heterocycles. The maximum absolute atomic E-state index is 7.38. The molecule has 2 N–H and O–H groups in total. The van der Waals surface area contributed by atoms with Crippen molar-refractivity contribution in [3.8, 4) is 0 Å². The van der Waals surface area contributed by atoms with Gasteiger partial charge >= 0.3 is 71.5 Å². The zero-order valence-corrected chi connectivity index (χ0v) is 9.05. The first-order valence-corrected chi connectivity index (χ1v) is 4.27. The van der Waals surface area contributed by atoms with Crippen LogP contribution in [0.15, 0.2) is 12.2 Å². The van der Waals surface area contributed by atoms with Crippen molar-refractivity contribution in [2.75, 3.05) is 0 Å². The Morgan fingerprint density at radius 3 is 1.70 bits per heavy atom. The summed E-state index contributed by atoms with van der Waals surface area (Å²) < 4.78 is 0.938. The van der Waals surface area contributed by atoms with Crippen LogP contribution in [0.25, 0.3) is 0 Å². The van der Waals surface area contributed by atoms with E-state index in [2.05, 4.69) is 6.58 Å². The molecule has 3 heteroatoms. The van der Waals surface area contributed by atoms with Crippen LogP contribution in [-0.4, -0.2) is 15.3 Å². The summed E-state index contributed by atoms with van der Waals surface area (Å²) in [7, 11) is 0. The number of hydrogen-bond acceptors (Lipinski definition) is 2. The van der Waals surface area contributed by atoms with Gasteiger partial charge < -0.3 is 0 Å². The Balaban J connectivity index is 4.39. The summed E-state index contributed by atoms with van der Waals surface area (Å²) in [6.07, 6.45) is 0. The zero-order chi connectivity index (χ0) is 8.31. The second kappa shape index (κ2) is 3.72. The van der Waals surface area contributed by atoms with Gasteiger partial charge in [-0.15, -0.1) is 0 Å². The maximum atomic E-state index is 7.38. The summed E-state index contributed by atoms with van der Waals surface area (Å²) in [5, 5.41) is 14.7. The molecule has 0 saturated carbocycles. The Hall–Kier alpha value is -0.362. The van der Waals surface area contributed by atoms with Crippen molar-refractivity contribution < 1.29 is 19.4 Å². The van der Waals surface area contributed by atoms with Gasteiger partial charge in [0.1, 0.15) is 0 Å². The molecule has 0 radical (unpaired) electrons. The van der Waals surface area contributed by atoms with E-state index in [0.29, 0.717) is 11.3 Å². The van der Waals surface area contributed by atoms with Crippen LogP contribution in [0.5, 0.6) is 0 Å². The quantitative estimate of drug-likeness (QED) is 0.740. The van der Waals surface area contributed by atoms with Crippen molar-refractivity contribution in [2.24, 2.45) is 0 Å². The minimum atomic E-state index is 0.257. The van der Waals surface area contributed by atoms with Crippen molar-refractivity contribution >= 4 is 15.3 Å². The third-order valence-corrected chi connectivity index (χ3v) is 1.76. The standard InChI is InChI=1S/C7H10N2.W/c1-4-6(8)7(9)5(2)3;/h8-9H,2H2,1,3H3;. The first-order valence-electron chi connectivity index (χ1n) is 2.81. The fourth-order valence-corrected chi connectivity index (χ4v) is 0.756. The summed E-state index contributed by atoms with van der Waals surface area (Å²) in [4.78, 5) is 0. The molecular weight excluding hydrogens is 296 g/mol. The molecule has 0 spiro atoms. The van der Waals surface area contributed by atoms with E-state index >= 15 is 0 Å². The van der Waals surface area contributed by atoms with Crippen molar-refractivity contribution in [1.29, 1.82) is 10.8 Å². The molecule has 0 heterocycles. The summed E-state index contributed by atoms with van der Waals surface area (Å²) in [5.41, 5.74) is 1.24. The van der Waals surface area contributed by atoms with Gasteiger partial charge in [0.15, 0.2) is 0 Å². The molecule has 0 aromatic rings. The normalized spacial score (nSPS) is 8.60. The molecule has 0 unspecified atom stereocenters. The molecule has 0 aliphatic heterocycles. The van der Waals surface area contributed by atoms with E-state index < -0.39 is 0 Å². The fourth-order valence-electron chi connectivity index (χ4n) is 0.389. The van der Waals surface area contributed by atoms with Gasteiger partial charge in [-0.25, -0.2) is 0 Å². The number of hydrogen-bond donors (Lipinski definition) is 2. The molecule has 0 fully saturated rings. The van der Waals surface area contributed by atoms with Crippen LogP contribution in [0, 0.1) is 10.8 Å². The van der Waals surface area contributed by atoms with Gasteiger partial charge in [0, 0.05) is 0 Å². The van der Waals surface area contributed by atoms with Crippen molar-refractivity contribution in [3.63, 3.8) is 0 Å². The van der Waals surface area contributed by atoms with E-state index in [-0.39, 0.29) is 5.71 Å². The van der Waals surface area contributed by atoms with Crippen molar-refractivity contribution in [1.82, 2.24) is 0 Å². The molecule has 0 atom stereocenters. The van der Waals surface area contributed by atoms with E-state index in [0.717, 1.165) is 3.90 Å². The molecule has 2 nitrogen and oxygen atoms in total. The Morgan fingerprint density at radius 2 is 1.60 bits per heavy atom. The SMILES string of the molecule is C=C(C)C(=N)C(=N)[C](C)=[W]. The molecule has 0 aromatic carbocycles. The summed E-state index contributed by atoms with van der Waals surface area (Å²) in [6.45, 7) is 7.19. The van der Waals surface area contributed by atoms with Gasteiger partial charge in [0.25, 0.3) is 0 Å². The molecular formula is C7H10N2W. The van der Waals surface area contributed by atoms with Gasteiger partial charge in [-0.05, 0) is 0 Å². The fraction of sp³-hybridized carbons (Fsp3) is 0.286. The monoisotopic (exact) mass is 306 g/mol. The van der Waals surface area contributed by atoms with E-state index in [1.165, 1.54) is 19.4 Å². The number of nitrogens with one attached hydrogen (secondary N) is 2. The second-order valence-electron chi connectivity index (χ2n) is 2.09. The molecule has 0 saturated heterocycles. The Bertz CT molecular complexity index is 192. The van der Waals surface area contributed by atoms with Crippen LogP contribution in [0.4, 0.5) is 0 Å². The zero-order valence-electron chi connectivity index (χ0n) is 6.12. The van der Waals surface area contributed by atoms with E-state index in [4.69, 9.17) is 10.8 Å². The predicted molar refractivity (Wildman–Crippen MR) is 40.9 cm³/mol. The van der Waals surface area contributed by atoms with Crippen LogP contribution in [0.3, 0.4) is 0 Å². The molecule has 0 bridgehead atoms. The van der Waals surface area contributed by atoms with Gasteiger partial charge in [-0.1, -0.05) is 0 Å². The molecule has 0 aliphatic rings. The Labute approximate surface area is 71.8 Å². The number of allylic oxidation sites excluding steroid dienone is 1. The predicted octanol–water partition coefficient (Wildman–Crippen LogP) is 1.34. The van der Waals surface area contributed by atoms with Gasteiger partial charge in [0.05, 0.1) is 0 Å². The van der Waals surface area contributed by atoms with Crippen LogP contribution in [-0.2, 0) is 19.4 Å². The number of rotatable bonds is 3. The summed E-state index contributed by atoms with van der Waals surface area (Å²) in [5.74, 6) is 0.